The van der Waals surface area contributed by atoms with E-state index in [2.05, 4.69) is 0 Å². The van der Waals surface area contributed by atoms with Crippen LogP contribution in [0.4, 0.5) is 0 Å². The Labute approximate surface area is 101 Å². The molecule has 2 aromatic rings. The summed E-state index contributed by atoms with van der Waals surface area (Å²) in [5.41, 5.74) is 0. The second kappa shape index (κ2) is 5.70. The molecule has 0 saturated carbocycles. The molecule has 0 aromatic heterocycles. The van der Waals surface area contributed by atoms with Gasteiger partial charge in [0.05, 0.1) is 0 Å². The molecule has 0 amide bonds. The average molecular weight is 293 g/mol. The molecule has 0 saturated heterocycles. The molecule has 2 rings (SSSR count). The Morgan fingerprint density at radius 2 is 0.929 bits per heavy atom. The molecule has 0 aliphatic carbocycles. The molecule has 0 aliphatic rings. The number of para-hydroxylation sites is 2. The first-order valence-corrected chi connectivity index (χ1v) is 4.23. The van der Waals surface area contributed by atoms with Gasteiger partial charge in [0, 0.05) is 0 Å². The van der Waals surface area contributed by atoms with Gasteiger partial charge in [0.2, 0.25) is 0 Å². The third-order valence-electron chi connectivity index (χ3n) is 1.72. The topological polar surface area (TPSA) is 9.23 Å². The maximum absolute atomic E-state index is 5.58. The van der Waals surface area contributed by atoms with E-state index in [1.54, 1.807) is 0 Å². The minimum Gasteiger partial charge on any atom is -0.457 e. The van der Waals surface area contributed by atoms with Crippen LogP contribution in [-0.4, -0.2) is 23.9 Å². The molecule has 0 aliphatic heterocycles. The Balaban J connectivity index is 0.000000980. The first-order valence-electron chi connectivity index (χ1n) is 4.23. The monoisotopic (exact) mass is 294 g/mol. The van der Waals surface area contributed by atoms with Crippen LogP contribution in [0.3, 0.4) is 0 Å². The van der Waals surface area contributed by atoms with Crippen molar-refractivity contribution in [2.75, 3.05) is 0 Å². The summed E-state index contributed by atoms with van der Waals surface area (Å²) in [5, 5.41) is 0. The molecule has 72 valence electrons. The van der Waals surface area contributed by atoms with Gasteiger partial charge < -0.3 is 4.74 Å². The molecule has 0 atom stereocenters. The first kappa shape index (κ1) is 11.1. The summed E-state index contributed by atoms with van der Waals surface area (Å²) in [6.45, 7) is 0. The van der Waals surface area contributed by atoms with E-state index in [1.807, 2.05) is 60.7 Å². The van der Waals surface area contributed by atoms with E-state index in [0.717, 1.165) is 11.5 Å². The van der Waals surface area contributed by atoms with Crippen molar-refractivity contribution in [3.05, 3.63) is 60.7 Å². The SMILES string of the molecule is [SnH4].c1ccc(Oc2ccccc2)cc1. The summed E-state index contributed by atoms with van der Waals surface area (Å²) in [4.78, 5) is 0. The summed E-state index contributed by atoms with van der Waals surface area (Å²) in [5.74, 6) is 1.74. The number of hydrogen-bond donors (Lipinski definition) is 0. The molecule has 0 N–H and O–H groups in total. The summed E-state index contributed by atoms with van der Waals surface area (Å²) in [6.07, 6.45) is 0. The van der Waals surface area contributed by atoms with Crippen LogP contribution < -0.4 is 4.74 Å². The van der Waals surface area contributed by atoms with E-state index in [0.29, 0.717) is 0 Å². The van der Waals surface area contributed by atoms with Crippen molar-refractivity contribution in [2.45, 2.75) is 0 Å². The Kier molecular flexibility index (Phi) is 4.53. The van der Waals surface area contributed by atoms with E-state index in [1.165, 1.54) is 0 Å². The van der Waals surface area contributed by atoms with Gasteiger partial charge in [-0.05, 0) is 24.3 Å². The Bertz CT molecular complexity index is 321. The fraction of sp³-hybridized carbons (Fsp3) is 0. The van der Waals surface area contributed by atoms with Crippen LogP contribution >= 0.6 is 0 Å². The van der Waals surface area contributed by atoms with E-state index in [-0.39, 0.29) is 23.9 Å². The number of rotatable bonds is 2. The zero-order valence-electron chi connectivity index (χ0n) is 7.18. The first-order chi connectivity index (χ1) is 6.45. The maximum atomic E-state index is 5.58. The van der Waals surface area contributed by atoms with Crippen LogP contribution in [0.2, 0.25) is 0 Å². The van der Waals surface area contributed by atoms with Crippen LogP contribution in [0, 0.1) is 0 Å². The molecule has 2 aromatic carbocycles. The molecular formula is C12H14OSn. The van der Waals surface area contributed by atoms with Crippen LogP contribution in [0.15, 0.2) is 60.7 Å². The van der Waals surface area contributed by atoms with Crippen molar-refractivity contribution in [3.63, 3.8) is 0 Å². The van der Waals surface area contributed by atoms with E-state index < -0.39 is 0 Å². The van der Waals surface area contributed by atoms with Crippen LogP contribution in [0.1, 0.15) is 0 Å². The third kappa shape index (κ3) is 3.07. The normalized spacial score (nSPS) is 8.86. The van der Waals surface area contributed by atoms with Gasteiger partial charge in [0.15, 0.2) is 0 Å². The smallest absolute Gasteiger partial charge is 0.127 e. The standard InChI is InChI=1S/C12H10O.Sn.4H/c1-3-7-11(8-4-1)13-12-9-5-2-6-10-12;;;;;/h1-10H;;;;;. The minimum atomic E-state index is 0. The molecule has 0 fully saturated rings. The second-order valence-corrected chi connectivity index (χ2v) is 2.73. The largest absolute Gasteiger partial charge is 0.457 e. The molecule has 2 heteroatoms. The average Bonchev–Trinajstić information content (AvgIpc) is 2.21. The zero-order valence-corrected chi connectivity index (χ0v) is 7.18. The molecule has 0 heterocycles. The van der Waals surface area contributed by atoms with Crippen molar-refractivity contribution in [1.29, 1.82) is 0 Å². The quantitative estimate of drug-likeness (QED) is 0.770. The molecule has 0 spiro atoms. The van der Waals surface area contributed by atoms with Gasteiger partial charge in [-0.15, -0.1) is 0 Å². The number of hydrogen-bond acceptors (Lipinski definition) is 1. The van der Waals surface area contributed by atoms with Gasteiger partial charge in [-0.1, -0.05) is 36.4 Å². The summed E-state index contributed by atoms with van der Waals surface area (Å²) in [7, 11) is 0. The van der Waals surface area contributed by atoms with Gasteiger partial charge >= 0.3 is 23.9 Å². The van der Waals surface area contributed by atoms with E-state index in [4.69, 9.17) is 4.74 Å². The van der Waals surface area contributed by atoms with Gasteiger partial charge in [-0.3, -0.25) is 0 Å². The zero-order chi connectivity index (χ0) is 8.93. The molecule has 0 radical (unpaired) electrons. The van der Waals surface area contributed by atoms with E-state index in [9.17, 15) is 0 Å². The number of benzene rings is 2. The summed E-state index contributed by atoms with van der Waals surface area (Å²) < 4.78 is 5.58. The molecule has 1 nitrogen and oxygen atoms in total. The van der Waals surface area contributed by atoms with Crippen molar-refractivity contribution < 1.29 is 4.74 Å². The molecule has 14 heavy (non-hydrogen) atoms. The molecule has 0 unspecified atom stereocenters. The summed E-state index contributed by atoms with van der Waals surface area (Å²) >= 11 is 0. The van der Waals surface area contributed by atoms with Crippen LogP contribution in [0.25, 0.3) is 0 Å². The van der Waals surface area contributed by atoms with Gasteiger partial charge in [0.25, 0.3) is 0 Å². The second-order valence-electron chi connectivity index (χ2n) is 2.73. The Morgan fingerprint density at radius 1 is 0.571 bits per heavy atom. The van der Waals surface area contributed by atoms with Crippen LogP contribution in [-0.2, 0) is 0 Å². The van der Waals surface area contributed by atoms with Crippen molar-refractivity contribution in [3.8, 4) is 11.5 Å². The van der Waals surface area contributed by atoms with Crippen molar-refractivity contribution >= 4 is 23.9 Å². The minimum absolute atomic E-state index is 0. The van der Waals surface area contributed by atoms with Gasteiger partial charge in [-0.2, -0.15) is 0 Å². The van der Waals surface area contributed by atoms with E-state index >= 15 is 0 Å². The van der Waals surface area contributed by atoms with Crippen LogP contribution in [0.5, 0.6) is 11.5 Å². The molecular weight excluding hydrogens is 279 g/mol. The Morgan fingerprint density at radius 3 is 1.29 bits per heavy atom. The number of ether oxygens (including phenoxy) is 1. The Hall–Kier alpha value is -0.961. The fourth-order valence-electron chi connectivity index (χ4n) is 1.11. The van der Waals surface area contributed by atoms with Crippen molar-refractivity contribution in [1.82, 2.24) is 0 Å². The predicted octanol–water partition coefficient (Wildman–Crippen LogP) is 2.03. The predicted molar refractivity (Wildman–Crippen MR) is 64.3 cm³/mol. The molecule has 0 bridgehead atoms. The maximum Gasteiger partial charge on any atom is 0.127 e. The van der Waals surface area contributed by atoms with Crippen molar-refractivity contribution in [2.24, 2.45) is 0 Å². The summed E-state index contributed by atoms with van der Waals surface area (Å²) in [6, 6.07) is 19.5. The third-order valence-corrected chi connectivity index (χ3v) is 1.72. The van der Waals surface area contributed by atoms with Gasteiger partial charge in [-0.25, -0.2) is 0 Å². The fourth-order valence-corrected chi connectivity index (χ4v) is 1.11. The van der Waals surface area contributed by atoms with Gasteiger partial charge in [0.1, 0.15) is 11.5 Å².